The maximum absolute atomic E-state index is 11.3. The molecule has 1 heterocycles. The van der Waals surface area contributed by atoms with Crippen LogP contribution in [-0.2, 0) is 16.0 Å². The summed E-state index contributed by atoms with van der Waals surface area (Å²) >= 11 is 0. The van der Waals surface area contributed by atoms with E-state index in [1.54, 1.807) is 18.3 Å². The molecule has 0 aliphatic carbocycles. The molecule has 23 heavy (non-hydrogen) atoms. The second-order valence-electron chi connectivity index (χ2n) is 4.74. The molecule has 1 atom stereocenters. The van der Waals surface area contributed by atoms with Gasteiger partial charge in [-0.25, -0.2) is 9.59 Å². The van der Waals surface area contributed by atoms with Crippen LogP contribution in [0, 0.1) is 12.3 Å². The fourth-order valence-electron chi connectivity index (χ4n) is 2.16. The number of carbonyl (C=O) groups is 2. The van der Waals surface area contributed by atoms with E-state index in [9.17, 15) is 14.7 Å². The number of hydrogen-bond acceptors (Lipinski definition) is 4. The average molecular weight is 316 g/mol. The lowest BCUT2D eigenvalue weighted by molar-refractivity contribution is -0.139. The Kier molecular flexibility index (Phi) is 5.10. The molecular formula is C16H16N2O5. The van der Waals surface area contributed by atoms with Gasteiger partial charge in [0.05, 0.1) is 7.11 Å². The molecule has 120 valence electrons. The maximum Gasteiger partial charge on any atom is 0.407 e. The Labute approximate surface area is 132 Å². The summed E-state index contributed by atoms with van der Waals surface area (Å²) in [5.41, 5.74) is 1.56. The number of aromatic nitrogens is 1. The molecule has 0 saturated heterocycles. The molecule has 0 bridgehead atoms. The smallest absolute Gasteiger partial charge is 0.407 e. The van der Waals surface area contributed by atoms with Crippen molar-refractivity contribution in [2.75, 3.05) is 13.7 Å². The van der Waals surface area contributed by atoms with Gasteiger partial charge in [-0.2, -0.15) is 0 Å². The molecule has 0 aliphatic heterocycles. The zero-order valence-electron chi connectivity index (χ0n) is 12.5. The highest BCUT2D eigenvalue weighted by molar-refractivity contribution is 5.86. The first kappa shape index (κ1) is 16.2. The van der Waals surface area contributed by atoms with E-state index in [1.807, 2.05) is 6.07 Å². The number of aliphatic carboxylic acids is 1. The molecule has 2 aromatic rings. The van der Waals surface area contributed by atoms with Crippen molar-refractivity contribution < 1.29 is 24.2 Å². The Balaban J connectivity index is 2.25. The molecule has 1 aromatic carbocycles. The number of carbonyl (C=O) groups excluding carboxylic acids is 1. The molecule has 1 amide bonds. The van der Waals surface area contributed by atoms with Gasteiger partial charge in [-0.15, -0.1) is 6.42 Å². The molecule has 2 rings (SSSR count). The van der Waals surface area contributed by atoms with Gasteiger partial charge in [-0.1, -0.05) is 5.92 Å². The summed E-state index contributed by atoms with van der Waals surface area (Å²) in [6.07, 6.45) is 6.16. The number of carboxylic acid groups (broad SMARTS) is 1. The number of fused-ring (bicyclic) bond motifs is 1. The van der Waals surface area contributed by atoms with Crippen molar-refractivity contribution in [1.29, 1.82) is 0 Å². The summed E-state index contributed by atoms with van der Waals surface area (Å²) < 4.78 is 9.81. The third-order valence-corrected chi connectivity index (χ3v) is 3.26. The molecular weight excluding hydrogens is 300 g/mol. The highest BCUT2D eigenvalue weighted by atomic mass is 16.5. The molecule has 0 aliphatic rings. The van der Waals surface area contributed by atoms with E-state index in [0.717, 1.165) is 16.5 Å². The molecule has 0 spiro atoms. The lowest BCUT2D eigenvalue weighted by Crippen LogP contribution is -2.42. The van der Waals surface area contributed by atoms with Crippen LogP contribution in [0.4, 0.5) is 4.79 Å². The number of alkyl carbamates (subject to hydrolysis) is 1. The van der Waals surface area contributed by atoms with Crippen LogP contribution in [0.1, 0.15) is 5.56 Å². The summed E-state index contributed by atoms with van der Waals surface area (Å²) in [6, 6.07) is 4.25. The fraction of sp³-hybridized carbons (Fsp3) is 0.250. The van der Waals surface area contributed by atoms with Crippen molar-refractivity contribution in [3.05, 3.63) is 30.0 Å². The number of carboxylic acids is 1. The number of hydrogen-bond donors (Lipinski definition) is 3. The number of methoxy groups -OCH3 is 1. The molecule has 7 nitrogen and oxygen atoms in total. The van der Waals surface area contributed by atoms with Gasteiger partial charge in [0.25, 0.3) is 0 Å². The van der Waals surface area contributed by atoms with Crippen LogP contribution < -0.4 is 10.1 Å². The number of aromatic amines is 1. The molecule has 0 unspecified atom stereocenters. The van der Waals surface area contributed by atoms with Crippen molar-refractivity contribution in [3.8, 4) is 18.1 Å². The van der Waals surface area contributed by atoms with Gasteiger partial charge in [-0.3, -0.25) is 0 Å². The lowest BCUT2D eigenvalue weighted by Gasteiger charge is -2.13. The van der Waals surface area contributed by atoms with Crippen LogP contribution in [0.2, 0.25) is 0 Å². The Morgan fingerprint density at radius 3 is 2.91 bits per heavy atom. The van der Waals surface area contributed by atoms with Crippen molar-refractivity contribution in [2.24, 2.45) is 0 Å². The minimum atomic E-state index is -1.15. The number of rotatable bonds is 6. The first-order valence-corrected chi connectivity index (χ1v) is 6.78. The monoisotopic (exact) mass is 316 g/mol. The number of terminal acetylenes is 1. The first-order valence-electron chi connectivity index (χ1n) is 6.78. The van der Waals surface area contributed by atoms with Crippen molar-refractivity contribution in [2.45, 2.75) is 12.5 Å². The topological polar surface area (TPSA) is 101 Å². The van der Waals surface area contributed by atoms with Crippen molar-refractivity contribution in [3.63, 3.8) is 0 Å². The van der Waals surface area contributed by atoms with Gasteiger partial charge >= 0.3 is 12.1 Å². The molecule has 1 aromatic heterocycles. The molecule has 0 saturated carbocycles. The second kappa shape index (κ2) is 7.22. The van der Waals surface area contributed by atoms with Crippen LogP contribution in [0.5, 0.6) is 5.75 Å². The van der Waals surface area contributed by atoms with E-state index in [0.29, 0.717) is 5.75 Å². The Bertz CT molecular complexity index is 759. The SMILES string of the molecule is C#CCOc1ccc2[nH]cc(C[C@@H](NC(=O)OC)C(=O)O)c2c1. The van der Waals surface area contributed by atoms with E-state index in [4.69, 9.17) is 11.2 Å². The van der Waals surface area contributed by atoms with E-state index in [1.165, 1.54) is 7.11 Å². The van der Waals surface area contributed by atoms with Crippen LogP contribution in [0.25, 0.3) is 10.9 Å². The minimum absolute atomic E-state index is 0.100. The Morgan fingerprint density at radius 2 is 2.26 bits per heavy atom. The van der Waals surface area contributed by atoms with Gasteiger partial charge in [-0.05, 0) is 23.8 Å². The third-order valence-electron chi connectivity index (χ3n) is 3.26. The molecule has 0 radical (unpaired) electrons. The third kappa shape index (κ3) is 3.95. The van der Waals surface area contributed by atoms with Crippen LogP contribution in [0.3, 0.4) is 0 Å². The minimum Gasteiger partial charge on any atom is -0.481 e. The van der Waals surface area contributed by atoms with Gasteiger partial charge < -0.3 is 24.9 Å². The lowest BCUT2D eigenvalue weighted by atomic mass is 10.0. The van der Waals surface area contributed by atoms with Gasteiger partial charge in [0, 0.05) is 23.5 Å². The summed E-state index contributed by atoms with van der Waals surface area (Å²) in [5.74, 6) is 1.82. The number of amides is 1. The van der Waals surface area contributed by atoms with Gasteiger partial charge in [0.2, 0.25) is 0 Å². The Hall–Kier alpha value is -3.14. The number of H-pyrrole nitrogens is 1. The van der Waals surface area contributed by atoms with Crippen molar-refractivity contribution in [1.82, 2.24) is 10.3 Å². The highest BCUT2D eigenvalue weighted by Gasteiger charge is 2.22. The van der Waals surface area contributed by atoms with Crippen LogP contribution in [0.15, 0.2) is 24.4 Å². The summed E-state index contributed by atoms with van der Waals surface area (Å²) in [4.78, 5) is 25.6. The highest BCUT2D eigenvalue weighted by Crippen LogP contribution is 2.24. The summed E-state index contributed by atoms with van der Waals surface area (Å²) in [5, 5.41) is 12.3. The summed E-state index contributed by atoms with van der Waals surface area (Å²) in [7, 11) is 1.18. The Morgan fingerprint density at radius 1 is 1.48 bits per heavy atom. The number of benzene rings is 1. The van der Waals surface area contributed by atoms with E-state index in [2.05, 4.69) is 21.0 Å². The predicted octanol–water partition coefficient (Wildman–Crippen LogP) is 1.53. The number of nitrogens with one attached hydrogen (secondary N) is 2. The quantitative estimate of drug-likeness (QED) is 0.702. The zero-order chi connectivity index (χ0) is 16.8. The van der Waals surface area contributed by atoms with Crippen molar-refractivity contribution >= 4 is 23.0 Å². The van der Waals surface area contributed by atoms with Gasteiger partial charge in [0.15, 0.2) is 0 Å². The zero-order valence-corrected chi connectivity index (χ0v) is 12.5. The van der Waals surface area contributed by atoms with E-state index in [-0.39, 0.29) is 13.0 Å². The van der Waals surface area contributed by atoms with Crippen LogP contribution in [-0.4, -0.2) is 41.9 Å². The van der Waals surface area contributed by atoms with Gasteiger partial charge in [0.1, 0.15) is 18.4 Å². The maximum atomic E-state index is 11.3. The van der Waals surface area contributed by atoms with E-state index < -0.39 is 18.1 Å². The predicted molar refractivity (Wildman–Crippen MR) is 83.3 cm³/mol. The fourth-order valence-corrected chi connectivity index (χ4v) is 2.16. The summed E-state index contributed by atoms with van der Waals surface area (Å²) in [6.45, 7) is 0.146. The van der Waals surface area contributed by atoms with E-state index >= 15 is 0 Å². The molecule has 3 N–H and O–H groups in total. The molecule has 7 heteroatoms. The average Bonchev–Trinajstić information content (AvgIpc) is 2.94. The largest absolute Gasteiger partial charge is 0.481 e. The standard InChI is InChI=1S/C16H16N2O5/c1-3-6-23-11-4-5-13-12(8-11)10(9-17-13)7-14(15(19)20)18-16(21)22-2/h1,4-5,8-9,14,17H,6-7H2,2H3,(H,18,21)(H,19,20)/t14-/m1/s1. The number of ether oxygens (including phenoxy) is 2. The first-order chi connectivity index (χ1) is 11.0. The normalized spacial score (nSPS) is 11.5. The van der Waals surface area contributed by atoms with Crippen LogP contribution >= 0.6 is 0 Å². The molecule has 0 fully saturated rings. The second-order valence-corrected chi connectivity index (χ2v) is 4.74.